The SMILES string of the molecule is NC(=O)c1c(F)cc(Br)cc1N1CCCC(O)C1. The number of β-amino-alcohol motifs (C(OH)–C–C–N with tert-alkyl or cyclic N) is 1. The summed E-state index contributed by atoms with van der Waals surface area (Å²) in [7, 11) is 0. The van der Waals surface area contributed by atoms with Gasteiger partial charge in [0.25, 0.3) is 5.91 Å². The van der Waals surface area contributed by atoms with Crippen molar-refractivity contribution in [1.82, 2.24) is 0 Å². The summed E-state index contributed by atoms with van der Waals surface area (Å²) < 4.78 is 14.3. The number of nitrogens with zero attached hydrogens (tertiary/aromatic N) is 1. The molecule has 1 atom stereocenters. The molecule has 1 aromatic carbocycles. The molecule has 1 fully saturated rings. The fraction of sp³-hybridized carbons (Fsp3) is 0.417. The predicted octanol–water partition coefficient (Wildman–Crippen LogP) is 1.65. The van der Waals surface area contributed by atoms with Crippen LogP contribution in [-0.2, 0) is 0 Å². The fourth-order valence-electron chi connectivity index (χ4n) is 2.23. The number of benzene rings is 1. The van der Waals surface area contributed by atoms with Gasteiger partial charge in [0, 0.05) is 17.6 Å². The average molecular weight is 317 g/mol. The molecule has 0 radical (unpaired) electrons. The Hall–Kier alpha value is -1.14. The molecule has 1 heterocycles. The van der Waals surface area contributed by atoms with Crippen LogP contribution in [0, 0.1) is 5.82 Å². The standard InChI is InChI=1S/C12H14BrFN2O2/c13-7-4-9(14)11(12(15)18)10(5-7)16-3-1-2-8(17)6-16/h4-5,8,17H,1-3,6H2,(H2,15,18). The lowest BCUT2D eigenvalue weighted by Gasteiger charge is -2.33. The summed E-state index contributed by atoms with van der Waals surface area (Å²) >= 11 is 3.20. The quantitative estimate of drug-likeness (QED) is 0.871. The van der Waals surface area contributed by atoms with Gasteiger partial charge in [-0.1, -0.05) is 15.9 Å². The third kappa shape index (κ3) is 2.64. The van der Waals surface area contributed by atoms with Crippen LogP contribution in [0.2, 0.25) is 0 Å². The largest absolute Gasteiger partial charge is 0.391 e. The van der Waals surface area contributed by atoms with Gasteiger partial charge in [0.1, 0.15) is 5.82 Å². The maximum absolute atomic E-state index is 13.8. The normalized spacial score (nSPS) is 19.9. The Kier molecular flexibility index (Phi) is 3.87. The van der Waals surface area contributed by atoms with Gasteiger partial charge in [0.05, 0.1) is 17.4 Å². The number of aliphatic hydroxyl groups excluding tert-OH is 1. The van der Waals surface area contributed by atoms with E-state index in [4.69, 9.17) is 5.73 Å². The molecule has 0 aliphatic carbocycles. The second-order valence-electron chi connectivity index (χ2n) is 4.39. The summed E-state index contributed by atoms with van der Waals surface area (Å²) in [6, 6.07) is 2.87. The molecule has 18 heavy (non-hydrogen) atoms. The summed E-state index contributed by atoms with van der Waals surface area (Å²) in [6.45, 7) is 1.06. The zero-order chi connectivity index (χ0) is 13.3. The fourth-order valence-corrected chi connectivity index (χ4v) is 2.64. The Morgan fingerprint density at radius 1 is 1.56 bits per heavy atom. The van der Waals surface area contributed by atoms with Crippen LogP contribution in [0.15, 0.2) is 16.6 Å². The van der Waals surface area contributed by atoms with E-state index in [1.165, 1.54) is 6.07 Å². The van der Waals surface area contributed by atoms with Crippen molar-refractivity contribution in [3.63, 3.8) is 0 Å². The first kappa shape index (κ1) is 13.3. The lowest BCUT2D eigenvalue weighted by atomic mass is 10.0. The first-order valence-corrected chi connectivity index (χ1v) is 6.50. The van der Waals surface area contributed by atoms with Crippen molar-refractivity contribution in [2.45, 2.75) is 18.9 Å². The summed E-state index contributed by atoms with van der Waals surface area (Å²) in [4.78, 5) is 13.1. The summed E-state index contributed by atoms with van der Waals surface area (Å²) in [5.41, 5.74) is 5.54. The molecule has 1 aliphatic rings. The van der Waals surface area contributed by atoms with Gasteiger partial charge < -0.3 is 15.7 Å². The average Bonchev–Trinajstić information content (AvgIpc) is 2.27. The molecular formula is C12H14BrFN2O2. The van der Waals surface area contributed by atoms with Crippen LogP contribution >= 0.6 is 15.9 Å². The monoisotopic (exact) mass is 316 g/mol. The van der Waals surface area contributed by atoms with Crippen molar-refractivity contribution in [2.75, 3.05) is 18.0 Å². The van der Waals surface area contributed by atoms with Gasteiger partial charge in [-0.25, -0.2) is 4.39 Å². The highest BCUT2D eigenvalue weighted by Gasteiger charge is 2.24. The number of hydrogen-bond acceptors (Lipinski definition) is 3. The molecular weight excluding hydrogens is 303 g/mol. The number of amides is 1. The molecule has 0 spiro atoms. The molecule has 3 N–H and O–H groups in total. The number of piperidine rings is 1. The Bertz CT molecular complexity index is 481. The van der Waals surface area contributed by atoms with E-state index >= 15 is 0 Å². The molecule has 98 valence electrons. The number of rotatable bonds is 2. The molecule has 0 saturated carbocycles. The van der Waals surface area contributed by atoms with E-state index in [2.05, 4.69) is 15.9 Å². The Balaban J connectivity index is 2.44. The molecule has 1 amide bonds. The van der Waals surface area contributed by atoms with Crippen molar-refractivity contribution in [3.05, 3.63) is 28.0 Å². The van der Waals surface area contributed by atoms with E-state index in [1.54, 1.807) is 11.0 Å². The number of anilines is 1. The van der Waals surface area contributed by atoms with Crippen LogP contribution in [0.5, 0.6) is 0 Å². The highest BCUT2D eigenvalue weighted by atomic mass is 79.9. The van der Waals surface area contributed by atoms with E-state index in [1.807, 2.05) is 0 Å². The molecule has 1 unspecified atom stereocenters. The molecule has 0 bridgehead atoms. The van der Waals surface area contributed by atoms with Crippen LogP contribution in [0.4, 0.5) is 10.1 Å². The van der Waals surface area contributed by atoms with Crippen LogP contribution < -0.4 is 10.6 Å². The predicted molar refractivity (Wildman–Crippen MR) is 70.1 cm³/mol. The van der Waals surface area contributed by atoms with Crippen LogP contribution in [0.3, 0.4) is 0 Å². The molecule has 1 saturated heterocycles. The summed E-state index contributed by atoms with van der Waals surface area (Å²) in [6.07, 6.45) is 1.06. The molecule has 0 aromatic heterocycles. The van der Waals surface area contributed by atoms with Gasteiger partial charge in [-0.05, 0) is 25.0 Å². The molecule has 2 rings (SSSR count). The number of carbonyl (C=O) groups excluding carboxylic acids is 1. The molecule has 6 heteroatoms. The summed E-state index contributed by atoms with van der Waals surface area (Å²) in [5, 5.41) is 9.65. The molecule has 1 aromatic rings. The van der Waals surface area contributed by atoms with E-state index in [-0.39, 0.29) is 5.56 Å². The topological polar surface area (TPSA) is 66.6 Å². The van der Waals surface area contributed by atoms with Crippen molar-refractivity contribution in [1.29, 1.82) is 0 Å². The zero-order valence-electron chi connectivity index (χ0n) is 9.70. The van der Waals surface area contributed by atoms with Gasteiger partial charge in [-0.15, -0.1) is 0 Å². The Morgan fingerprint density at radius 3 is 2.89 bits per heavy atom. The van der Waals surface area contributed by atoms with Crippen molar-refractivity contribution < 1.29 is 14.3 Å². The van der Waals surface area contributed by atoms with Gasteiger partial charge in [0.15, 0.2) is 0 Å². The number of carbonyl (C=O) groups is 1. The second kappa shape index (κ2) is 5.24. The Morgan fingerprint density at radius 2 is 2.28 bits per heavy atom. The third-order valence-corrected chi connectivity index (χ3v) is 3.48. The Labute approximate surface area is 113 Å². The smallest absolute Gasteiger partial charge is 0.253 e. The van der Waals surface area contributed by atoms with Gasteiger partial charge in [0.2, 0.25) is 0 Å². The van der Waals surface area contributed by atoms with E-state index in [9.17, 15) is 14.3 Å². The minimum atomic E-state index is -0.796. The third-order valence-electron chi connectivity index (χ3n) is 3.02. The van der Waals surface area contributed by atoms with E-state index < -0.39 is 17.8 Å². The molecule has 4 nitrogen and oxygen atoms in total. The number of aliphatic hydroxyl groups is 1. The van der Waals surface area contributed by atoms with Crippen molar-refractivity contribution in [2.24, 2.45) is 5.73 Å². The lowest BCUT2D eigenvalue weighted by molar-refractivity contribution is 0.0996. The van der Waals surface area contributed by atoms with Crippen LogP contribution in [-0.4, -0.2) is 30.2 Å². The highest BCUT2D eigenvalue weighted by molar-refractivity contribution is 9.10. The molecule has 1 aliphatic heterocycles. The lowest BCUT2D eigenvalue weighted by Crippen LogP contribution is -2.39. The van der Waals surface area contributed by atoms with Gasteiger partial charge >= 0.3 is 0 Å². The number of halogens is 2. The van der Waals surface area contributed by atoms with Gasteiger partial charge in [-0.2, -0.15) is 0 Å². The number of nitrogens with two attached hydrogens (primary N) is 1. The number of primary amides is 1. The first-order valence-electron chi connectivity index (χ1n) is 5.71. The minimum absolute atomic E-state index is 0.118. The maximum atomic E-state index is 13.8. The second-order valence-corrected chi connectivity index (χ2v) is 5.30. The van der Waals surface area contributed by atoms with E-state index in [0.29, 0.717) is 23.2 Å². The van der Waals surface area contributed by atoms with E-state index in [0.717, 1.165) is 12.8 Å². The first-order chi connectivity index (χ1) is 8.49. The van der Waals surface area contributed by atoms with Crippen molar-refractivity contribution >= 4 is 27.5 Å². The van der Waals surface area contributed by atoms with Crippen LogP contribution in [0.1, 0.15) is 23.2 Å². The van der Waals surface area contributed by atoms with Gasteiger partial charge in [-0.3, -0.25) is 4.79 Å². The number of hydrogen-bond donors (Lipinski definition) is 2. The van der Waals surface area contributed by atoms with Crippen LogP contribution in [0.25, 0.3) is 0 Å². The zero-order valence-corrected chi connectivity index (χ0v) is 11.3. The highest BCUT2D eigenvalue weighted by Crippen LogP contribution is 2.29. The summed E-state index contributed by atoms with van der Waals surface area (Å²) in [5.74, 6) is -1.44. The maximum Gasteiger partial charge on any atom is 0.253 e. The minimum Gasteiger partial charge on any atom is -0.391 e. The van der Waals surface area contributed by atoms with Crippen molar-refractivity contribution in [3.8, 4) is 0 Å².